The molecule has 1 aliphatic heterocycles. The van der Waals surface area contributed by atoms with E-state index in [-0.39, 0.29) is 11.9 Å². The molecule has 1 fully saturated rings. The Hall–Kier alpha value is -2.13. The van der Waals surface area contributed by atoms with E-state index in [1.54, 1.807) is 0 Å². The quantitative estimate of drug-likeness (QED) is 0.811. The van der Waals surface area contributed by atoms with Gasteiger partial charge in [0.25, 0.3) is 5.91 Å². The third kappa shape index (κ3) is 4.95. The minimum Gasteiger partial charge on any atom is -0.345 e. The van der Waals surface area contributed by atoms with E-state index < -0.39 is 0 Å². The number of carbonyl (C=O) groups excluding carboxylic acids is 1. The summed E-state index contributed by atoms with van der Waals surface area (Å²) in [5.41, 5.74) is 3.17. The van der Waals surface area contributed by atoms with Crippen LogP contribution in [-0.4, -0.2) is 23.9 Å². The van der Waals surface area contributed by atoms with E-state index in [1.807, 2.05) is 30.3 Å². The average molecular weight is 351 g/mol. The molecule has 2 aromatic carbocycles. The molecule has 2 unspecified atom stereocenters. The number of nitrogens with one attached hydrogen (secondary N) is 1. The van der Waals surface area contributed by atoms with Crippen LogP contribution in [0.5, 0.6) is 0 Å². The lowest BCUT2D eigenvalue weighted by Crippen LogP contribution is -2.33. The Balaban J connectivity index is 1.59. The Morgan fingerprint density at radius 3 is 2.54 bits per heavy atom. The maximum atomic E-state index is 12.6. The zero-order chi connectivity index (χ0) is 18.4. The summed E-state index contributed by atoms with van der Waals surface area (Å²) >= 11 is 0. The number of benzene rings is 2. The van der Waals surface area contributed by atoms with Gasteiger partial charge in [0, 0.05) is 18.7 Å². The van der Waals surface area contributed by atoms with Crippen LogP contribution in [0.25, 0.3) is 0 Å². The molecule has 1 heterocycles. The van der Waals surface area contributed by atoms with Crippen molar-refractivity contribution in [2.45, 2.75) is 45.7 Å². The average Bonchev–Trinajstić information content (AvgIpc) is 2.67. The highest BCUT2D eigenvalue weighted by Crippen LogP contribution is 2.19. The second kappa shape index (κ2) is 9.00. The van der Waals surface area contributed by atoms with Crippen LogP contribution in [0.3, 0.4) is 0 Å². The first-order valence-electron chi connectivity index (χ1n) is 9.82. The van der Waals surface area contributed by atoms with Gasteiger partial charge in [0.2, 0.25) is 0 Å². The van der Waals surface area contributed by atoms with Crippen LogP contribution < -0.4 is 5.32 Å². The summed E-state index contributed by atoms with van der Waals surface area (Å²) in [4.78, 5) is 15.1. The lowest BCUT2D eigenvalue weighted by Gasteiger charge is -2.30. The molecule has 1 N–H and O–H groups in total. The van der Waals surface area contributed by atoms with Crippen molar-refractivity contribution in [2.75, 3.05) is 13.1 Å². The molecule has 3 nitrogen and oxygen atoms in total. The summed E-state index contributed by atoms with van der Waals surface area (Å²) in [5, 5.41) is 3.16. The molecule has 2 atom stereocenters. The highest BCUT2D eigenvalue weighted by molar-refractivity contribution is 5.94. The molecule has 3 rings (SSSR count). The molecule has 0 aliphatic carbocycles. The number of amides is 1. The van der Waals surface area contributed by atoms with Crippen molar-refractivity contribution in [3.8, 4) is 0 Å². The summed E-state index contributed by atoms with van der Waals surface area (Å²) in [7, 11) is 0. The molecule has 138 valence electrons. The van der Waals surface area contributed by atoms with Gasteiger partial charge in [0.05, 0.1) is 6.04 Å². The molecule has 2 aromatic rings. The second-order valence-corrected chi connectivity index (χ2v) is 7.52. The van der Waals surface area contributed by atoms with Crippen molar-refractivity contribution in [3.05, 3.63) is 71.3 Å². The number of piperidine rings is 1. The van der Waals surface area contributed by atoms with Gasteiger partial charge in [0.1, 0.15) is 0 Å². The van der Waals surface area contributed by atoms with Crippen molar-refractivity contribution in [1.29, 1.82) is 0 Å². The van der Waals surface area contributed by atoms with Gasteiger partial charge < -0.3 is 5.32 Å². The van der Waals surface area contributed by atoms with Crippen molar-refractivity contribution in [2.24, 2.45) is 5.92 Å². The van der Waals surface area contributed by atoms with E-state index in [0.29, 0.717) is 0 Å². The van der Waals surface area contributed by atoms with Gasteiger partial charge in [-0.1, -0.05) is 56.3 Å². The molecule has 0 saturated carbocycles. The Morgan fingerprint density at radius 2 is 1.88 bits per heavy atom. The number of likely N-dealkylation sites (tertiary alicyclic amines) is 1. The highest BCUT2D eigenvalue weighted by Gasteiger charge is 2.17. The number of carbonyl (C=O) groups is 1. The van der Waals surface area contributed by atoms with E-state index in [1.165, 1.54) is 31.5 Å². The molecule has 1 aliphatic rings. The summed E-state index contributed by atoms with van der Waals surface area (Å²) in [6, 6.07) is 18.3. The molecular formula is C23H30N2O. The first-order chi connectivity index (χ1) is 12.7. The van der Waals surface area contributed by atoms with Crippen LogP contribution in [-0.2, 0) is 6.54 Å². The van der Waals surface area contributed by atoms with Gasteiger partial charge in [-0.2, -0.15) is 0 Å². The third-order valence-electron chi connectivity index (χ3n) is 5.28. The second-order valence-electron chi connectivity index (χ2n) is 7.52. The standard InChI is InChI=1S/C23H30N2O/c1-3-22(20-9-5-4-6-10-20)24-23(26)21-13-11-19(12-14-21)17-25-15-7-8-18(2)16-25/h4-6,9-14,18,22H,3,7-8,15-17H2,1-2H3,(H,24,26). The van der Waals surface area contributed by atoms with Gasteiger partial charge >= 0.3 is 0 Å². The topological polar surface area (TPSA) is 32.3 Å². The predicted molar refractivity (Wildman–Crippen MR) is 107 cm³/mol. The fourth-order valence-electron chi connectivity index (χ4n) is 3.80. The Bertz CT molecular complexity index is 696. The van der Waals surface area contributed by atoms with Crippen molar-refractivity contribution in [1.82, 2.24) is 10.2 Å². The van der Waals surface area contributed by atoms with Crippen LogP contribution in [0.1, 0.15) is 60.6 Å². The first-order valence-corrected chi connectivity index (χ1v) is 9.82. The zero-order valence-corrected chi connectivity index (χ0v) is 15.9. The molecule has 3 heteroatoms. The fraction of sp³-hybridized carbons (Fsp3) is 0.435. The van der Waals surface area contributed by atoms with E-state index in [4.69, 9.17) is 0 Å². The molecule has 1 saturated heterocycles. The van der Waals surface area contributed by atoms with E-state index in [0.717, 1.165) is 30.0 Å². The molecule has 0 aromatic heterocycles. The predicted octanol–water partition coefficient (Wildman–Crippen LogP) is 4.80. The first kappa shape index (κ1) is 18.7. The number of rotatable bonds is 6. The van der Waals surface area contributed by atoms with Crippen LogP contribution in [0.15, 0.2) is 54.6 Å². The van der Waals surface area contributed by atoms with Gasteiger partial charge in [0.15, 0.2) is 0 Å². The van der Waals surface area contributed by atoms with Crippen molar-refractivity contribution >= 4 is 5.91 Å². The molecule has 26 heavy (non-hydrogen) atoms. The number of hydrogen-bond acceptors (Lipinski definition) is 2. The lowest BCUT2D eigenvalue weighted by atomic mass is 9.99. The van der Waals surface area contributed by atoms with E-state index in [2.05, 4.69) is 48.3 Å². The van der Waals surface area contributed by atoms with E-state index in [9.17, 15) is 4.79 Å². The third-order valence-corrected chi connectivity index (χ3v) is 5.28. The number of nitrogens with zero attached hydrogens (tertiary/aromatic N) is 1. The molecule has 1 amide bonds. The Kier molecular flexibility index (Phi) is 6.45. The Labute approximate surface area is 157 Å². The normalized spacial score (nSPS) is 19.1. The zero-order valence-electron chi connectivity index (χ0n) is 15.9. The lowest BCUT2D eigenvalue weighted by molar-refractivity contribution is 0.0935. The van der Waals surface area contributed by atoms with Crippen molar-refractivity contribution in [3.63, 3.8) is 0 Å². The maximum Gasteiger partial charge on any atom is 0.251 e. The van der Waals surface area contributed by atoms with Gasteiger partial charge in [-0.25, -0.2) is 0 Å². The summed E-state index contributed by atoms with van der Waals surface area (Å²) < 4.78 is 0. The summed E-state index contributed by atoms with van der Waals surface area (Å²) in [6.07, 6.45) is 3.51. The monoisotopic (exact) mass is 350 g/mol. The molecular weight excluding hydrogens is 320 g/mol. The maximum absolute atomic E-state index is 12.6. The highest BCUT2D eigenvalue weighted by atomic mass is 16.1. The van der Waals surface area contributed by atoms with Gasteiger partial charge in [-0.3, -0.25) is 9.69 Å². The van der Waals surface area contributed by atoms with Gasteiger partial charge in [-0.05, 0) is 55.0 Å². The van der Waals surface area contributed by atoms with Crippen molar-refractivity contribution < 1.29 is 4.79 Å². The van der Waals surface area contributed by atoms with Gasteiger partial charge in [-0.15, -0.1) is 0 Å². The fourth-order valence-corrected chi connectivity index (χ4v) is 3.80. The number of hydrogen-bond donors (Lipinski definition) is 1. The Morgan fingerprint density at radius 1 is 1.15 bits per heavy atom. The molecule has 0 spiro atoms. The SMILES string of the molecule is CCC(NC(=O)c1ccc(CN2CCCC(C)C2)cc1)c1ccccc1. The van der Waals surface area contributed by atoms with Crippen LogP contribution in [0.2, 0.25) is 0 Å². The minimum absolute atomic E-state index is 0.00107. The largest absolute Gasteiger partial charge is 0.345 e. The minimum atomic E-state index is -0.00107. The van der Waals surface area contributed by atoms with Crippen LogP contribution in [0, 0.1) is 5.92 Å². The molecule has 0 radical (unpaired) electrons. The van der Waals surface area contributed by atoms with E-state index >= 15 is 0 Å². The van der Waals surface area contributed by atoms with Crippen LogP contribution >= 0.6 is 0 Å². The van der Waals surface area contributed by atoms with Crippen LogP contribution in [0.4, 0.5) is 0 Å². The summed E-state index contributed by atoms with van der Waals surface area (Å²) in [6.45, 7) is 7.77. The molecule has 0 bridgehead atoms. The summed E-state index contributed by atoms with van der Waals surface area (Å²) in [5.74, 6) is 0.789. The smallest absolute Gasteiger partial charge is 0.251 e.